The molecule has 1 aliphatic carbocycles. The summed E-state index contributed by atoms with van der Waals surface area (Å²) in [5.41, 5.74) is 15.2. The number of fused-ring (bicyclic) bond motifs is 6. The van der Waals surface area contributed by atoms with E-state index in [-0.39, 0.29) is 5.41 Å². The van der Waals surface area contributed by atoms with Gasteiger partial charge in [0.2, 0.25) is 0 Å². The number of nitrogens with zero attached hydrogens (tertiary/aromatic N) is 1. The number of hydrogen-bond acceptors (Lipinski definition) is 2. The molecule has 9 rings (SSSR count). The van der Waals surface area contributed by atoms with Crippen LogP contribution in [-0.4, -0.2) is 8.07 Å². The summed E-state index contributed by atoms with van der Waals surface area (Å²) in [7, 11) is -1.37. The van der Waals surface area contributed by atoms with Crippen molar-refractivity contribution in [2.24, 2.45) is 0 Å². The van der Waals surface area contributed by atoms with E-state index in [1.165, 1.54) is 49.7 Å². The van der Waals surface area contributed by atoms with E-state index in [1.807, 2.05) is 12.1 Å². The van der Waals surface area contributed by atoms with E-state index in [2.05, 4.69) is 184 Å². The average Bonchev–Trinajstić information content (AvgIpc) is 3.63. The molecule has 8 aromatic rings. The highest BCUT2D eigenvalue weighted by molar-refractivity contribution is 6.88. The topological polar surface area (TPSA) is 16.4 Å². The summed E-state index contributed by atoms with van der Waals surface area (Å²) in [6, 6.07) is 57.8. The standard InChI is InChI=1S/C48H41NOSi/c1-48(2)44-17-11-9-15-39(44)43-30-37(29-42(47(43)48)34-13-7-6-8-14-34)49(36-25-28-41-40-16-10-12-18-45(40)50-46(41)31-36)35-23-19-32(20-24-35)33-21-26-38(27-22-33)51(3,4)5/h6-31H,1-5H3. The predicted octanol–water partition coefficient (Wildman–Crippen LogP) is 13.2. The smallest absolute Gasteiger partial charge is 0.137 e. The van der Waals surface area contributed by atoms with E-state index >= 15 is 0 Å². The van der Waals surface area contributed by atoms with Crippen molar-refractivity contribution < 1.29 is 4.42 Å². The number of furan rings is 1. The monoisotopic (exact) mass is 675 g/mol. The van der Waals surface area contributed by atoms with Gasteiger partial charge in [0.1, 0.15) is 11.2 Å². The third kappa shape index (κ3) is 5.23. The Labute approximate surface area is 301 Å². The second-order valence-electron chi connectivity index (χ2n) is 15.4. The van der Waals surface area contributed by atoms with E-state index in [0.717, 1.165) is 39.0 Å². The predicted molar refractivity (Wildman–Crippen MR) is 220 cm³/mol. The molecule has 0 spiro atoms. The maximum atomic E-state index is 6.44. The molecule has 1 aliphatic rings. The first-order chi connectivity index (χ1) is 24.7. The van der Waals surface area contributed by atoms with Crippen molar-refractivity contribution in [3.8, 4) is 33.4 Å². The molecule has 0 unspecified atom stereocenters. The third-order valence-corrected chi connectivity index (χ3v) is 12.9. The van der Waals surface area contributed by atoms with E-state index < -0.39 is 8.07 Å². The molecule has 0 saturated carbocycles. The molecule has 1 heterocycles. The second kappa shape index (κ2) is 11.7. The first-order valence-electron chi connectivity index (χ1n) is 17.9. The molecule has 0 fully saturated rings. The van der Waals surface area contributed by atoms with Crippen LogP contribution in [0.3, 0.4) is 0 Å². The minimum atomic E-state index is -1.37. The Morgan fingerprint density at radius 3 is 1.82 bits per heavy atom. The highest BCUT2D eigenvalue weighted by Gasteiger charge is 2.38. The van der Waals surface area contributed by atoms with Gasteiger partial charge in [0.15, 0.2) is 0 Å². The number of anilines is 3. The van der Waals surface area contributed by atoms with Crippen molar-refractivity contribution in [3.63, 3.8) is 0 Å². The Balaban J connectivity index is 1.25. The van der Waals surface area contributed by atoms with Crippen LogP contribution in [0.15, 0.2) is 162 Å². The SMILES string of the molecule is CC1(C)c2ccccc2-c2cc(N(c3ccc(-c4ccc([Si](C)(C)C)cc4)cc3)c3ccc4c(c3)oc3ccccc34)cc(-c3ccccc3)c21. The molecule has 0 radical (unpaired) electrons. The molecule has 7 aromatic carbocycles. The molecule has 0 N–H and O–H groups in total. The maximum Gasteiger partial charge on any atom is 0.137 e. The van der Waals surface area contributed by atoms with Crippen LogP contribution in [0.1, 0.15) is 25.0 Å². The fourth-order valence-electron chi connectivity index (χ4n) is 8.15. The van der Waals surface area contributed by atoms with E-state index in [9.17, 15) is 0 Å². The molecule has 2 nitrogen and oxygen atoms in total. The van der Waals surface area contributed by atoms with Gasteiger partial charge in [0, 0.05) is 39.3 Å². The van der Waals surface area contributed by atoms with Gasteiger partial charge in [-0.05, 0) is 87.0 Å². The summed E-state index contributed by atoms with van der Waals surface area (Å²) in [6.45, 7) is 11.9. The van der Waals surface area contributed by atoms with Gasteiger partial charge in [0.05, 0.1) is 8.07 Å². The van der Waals surface area contributed by atoms with Crippen LogP contribution >= 0.6 is 0 Å². The Kier molecular flexibility index (Phi) is 7.20. The van der Waals surface area contributed by atoms with Crippen LogP contribution in [0, 0.1) is 0 Å². The van der Waals surface area contributed by atoms with E-state index in [4.69, 9.17) is 4.42 Å². The normalized spacial score (nSPS) is 13.4. The number of benzene rings is 7. The van der Waals surface area contributed by atoms with Crippen molar-refractivity contribution in [3.05, 3.63) is 169 Å². The highest BCUT2D eigenvalue weighted by Crippen LogP contribution is 2.54. The van der Waals surface area contributed by atoms with Gasteiger partial charge in [0.25, 0.3) is 0 Å². The van der Waals surface area contributed by atoms with Gasteiger partial charge in [-0.1, -0.05) is 148 Å². The summed E-state index contributed by atoms with van der Waals surface area (Å²) in [5, 5.41) is 3.74. The summed E-state index contributed by atoms with van der Waals surface area (Å²) >= 11 is 0. The van der Waals surface area contributed by atoms with Crippen molar-refractivity contribution in [2.75, 3.05) is 4.90 Å². The van der Waals surface area contributed by atoms with Crippen molar-refractivity contribution in [1.82, 2.24) is 0 Å². The molecule has 51 heavy (non-hydrogen) atoms. The minimum Gasteiger partial charge on any atom is -0.456 e. The van der Waals surface area contributed by atoms with E-state index in [1.54, 1.807) is 0 Å². The molecule has 0 aliphatic heterocycles. The minimum absolute atomic E-state index is 0.139. The Morgan fingerprint density at radius 1 is 0.471 bits per heavy atom. The average molecular weight is 676 g/mol. The van der Waals surface area contributed by atoms with Gasteiger partial charge in [-0.2, -0.15) is 0 Å². The Hall–Kier alpha value is -5.64. The van der Waals surface area contributed by atoms with Crippen LogP contribution in [-0.2, 0) is 5.41 Å². The first-order valence-corrected chi connectivity index (χ1v) is 21.4. The fraction of sp³-hybridized carbons (Fsp3) is 0.125. The van der Waals surface area contributed by atoms with Crippen LogP contribution in [0.25, 0.3) is 55.3 Å². The lowest BCUT2D eigenvalue weighted by atomic mass is 9.78. The quantitative estimate of drug-likeness (QED) is 0.163. The van der Waals surface area contributed by atoms with Crippen LogP contribution in [0.4, 0.5) is 17.1 Å². The summed E-state index contributed by atoms with van der Waals surface area (Å²) in [4.78, 5) is 2.39. The first kappa shape index (κ1) is 31.3. The van der Waals surface area contributed by atoms with Gasteiger partial charge in [-0.25, -0.2) is 0 Å². The molecule has 248 valence electrons. The fourth-order valence-corrected chi connectivity index (χ4v) is 9.32. The zero-order valence-corrected chi connectivity index (χ0v) is 30.9. The number of para-hydroxylation sites is 1. The molecule has 3 heteroatoms. The van der Waals surface area contributed by atoms with Gasteiger partial charge < -0.3 is 9.32 Å². The molecular weight excluding hydrogens is 635 g/mol. The lowest BCUT2D eigenvalue weighted by Gasteiger charge is -2.29. The van der Waals surface area contributed by atoms with Crippen molar-refractivity contribution in [1.29, 1.82) is 0 Å². The Bertz CT molecular complexity index is 2570. The number of hydrogen-bond donors (Lipinski definition) is 0. The largest absolute Gasteiger partial charge is 0.456 e. The zero-order chi connectivity index (χ0) is 34.9. The Morgan fingerprint density at radius 2 is 1.08 bits per heavy atom. The lowest BCUT2D eigenvalue weighted by Crippen LogP contribution is -2.37. The van der Waals surface area contributed by atoms with Crippen molar-refractivity contribution >= 4 is 52.3 Å². The van der Waals surface area contributed by atoms with E-state index in [0.29, 0.717) is 0 Å². The van der Waals surface area contributed by atoms with Crippen LogP contribution < -0.4 is 10.1 Å². The molecule has 0 bridgehead atoms. The van der Waals surface area contributed by atoms with Crippen LogP contribution in [0.5, 0.6) is 0 Å². The molecule has 0 amide bonds. The maximum absolute atomic E-state index is 6.44. The van der Waals surface area contributed by atoms with Gasteiger partial charge in [-0.3, -0.25) is 0 Å². The zero-order valence-electron chi connectivity index (χ0n) is 29.9. The van der Waals surface area contributed by atoms with Gasteiger partial charge >= 0.3 is 0 Å². The lowest BCUT2D eigenvalue weighted by molar-refractivity contribution is 0.662. The summed E-state index contributed by atoms with van der Waals surface area (Å²) in [5.74, 6) is 0. The highest BCUT2D eigenvalue weighted by atomic mass is 28.3. The number of rotatable bonds is 6. The third-order valence-electron chi connectivity index (χ3n) is 10.8. The molecule has 0 atom stereocenters. The van der Waals surface area contributed by atoms with Crippen LogP contribution in [0.2, 0.25) is 19.6 Å². The summed E-state index contributed by atoms with van der Waals surface area (Å²) < 4.78 is 6.44. The summed E-state index contributed by atoms with van der Waals surface area (Å²) in [6.07, 6.45) is 0. The van der Waals surface area contributed by atoms with Crippen molar-refractivity contribution in [2.45, 2.75) is 38.9 Å². The van der Waals surface area contributed by atoms with Gasteiger partial charge in [-0.15, -0.1) is 0 Å². The molecule has 1 aromatic heterocycles. The molecular formula is C48H41NOSi. The molecule has 0 saturated heterocycles. The second-order valence-corrected chi connectivity index (χ2v) is 20.5.